The zero-order valence-corrected chi connectivity index (χ0v) is 24.4. The maximum absolute atomic E-state index is 13.5. The second-order valence-corrected chi connectivity index (χ2v) is 11.0. The number of Topliss-reactive ketones (excluding diaryl/α,β-unsaturated/α-hetero) is 1. The predicted molar refractivity (Wildman–Crippen MR) is 153 cm³/mol. The Morgan fingerprint density at radius 1 is 1.14 bits per heavy atom. The fourth-order valence-electron chi connectivity index (χ4n) is 5.16. The van der Waals surface area contributed by atoms with E-state index in [4.69, 9.17) is 14.2 Å². The van der Waals surface area contributed by atoms with Gasteiger partial charge in [0.1, 0.15) is 29.0 Å². The predicted octanol–water partition coefficient (Wildman–Crippen LogP) is 1.06. The summed E-state index contributed by atoms with van der Waals surface area (Å²) in [6, 6.07) is 7.30. The smallest absolute Gasteiger partial charge is 0.339 e. The molecule has 4 atom stereocenters. The topological polar surface area (TPSA) is 196 Å². The molecule has 3 heterocycles. The van der Waals surface area contributed by atoms with Gasteiger partial charge in [-0.2, -0.15) is 0 Å². The van der Waals surface area contributed by atoms with Gasteiger partial charge in [0.25, 0.3) is 11.8 Å². The summed E-state index contributed by atoms with van der Waals surface area (Å²) >= 11 is 0. The summed E-state index contributed by atoms with van der Waals surface area (Å²) in [6.45, 7) is 5.05. The summed E-state index contributed by atoms with van der Waals surface area (Å²) in [7, 11) is 1.46. The van der Waals surface area contributed by atoms with Crippen molar-refractivity contribution in [2.75, 3.05) is 20.3 Å². The number of benzene rings is 2. The van der Waals surface area contributed by atoms with Crippen molar-refractivity contribution in [2.45, 2.75) is 51.0 Å². The van der Waals surface area contributed by atoms with E-state index in [0.29, 0.717) is 23.9 Å². The van der Waals surface area contributed by atoms with Crippen LogP contribution < -0.4 is 20.7 Å². The Balaban J connectivity index is 1.36. The van der Waals surface area contributed by atoms with E-state index in [0.717, 1.165) is 17.9 Å². The van der Waals surface area contributed by atoms with E-state index in [9.17, 15) is 34.2 Å². The van der Waals surface area contributed by atoms with Gasteiger partial charge in [-0.05, 0) is 42.3 Å². The first-order valence-corrected chi connectivity index (χ1v) is 13.8. The number of nitrogens with one attached hydrogen (secondary N) is 3. The molecule has 14 nitrogen and oxygen atoms in total. The molecule has 5 N–H and O–H groups in total. The third kappa shape index (κ3) is 5.94. The highest BCUT2D eigenvalue weighted by Crippen LogP contribution is 2.40. The molecule has 0 aromatic heterocycles. The third-order valence-electron chi connectivity index (χ3n) is 7.85. The minimum Gasteiger partial charge on any atom is -0.513 e. The summed E-state index contributed by atoms with van der Waals surface area (Å²) in [5, 5.41) is 27.5. The van der Waals surface area contributed by atoms with Crippen LogP contribution in [-0.4, -0.2) is 88.8 Å². The molecule has 0 radical (unpaired) electrons. The molecular weight excluding hydrogens is 576 g/mol. The number of allylic oxidation sites excluding steroid dienone is 1. The molecule has 0 bridgehead atoms. The van der Waals surface area contributed by atoms with Gasteiger partial charge in [-0.25, -0.2) is 9.59 Å². The number of nitrogens with zero attached hydrogens (tertiary/aromatic N) is 1. The van der Waals surface area contributed by atoms with Gasteiger partial charge in [-0.3, -0.25) is 19.7 Å². The number of aliphatic hydroxyl groups is 2. The molecule has 0 unspecified atom stereocenters. The molecular formula is C30H32N4O10. The summed E-state index contributed by atoms with van der Waals surface area (Å²) in [5.41, 5.74) is -0.669. The largest absolute Gasteiger partial charge is 0.513 e. The number of urea groups is 1. The van der Waals surface area contributed by atoms with Crippen LogP contribution in [0.25, 0.3) is 10.8 Å². The van der Waals surface area contributed by atoms with Gasteiger partial charge >= 0.3 is 12.0 Å². The molecule has 232 valence electrons. The number of piperidine rings is 1. The van der Waals surface area contributed by atoms with Gasteiger partial charge in [-0.15, -0.1) is 0 Å². The number of esters is 1. The first kappa shape index (κ1) is 30.5. The number of epoxide rings is 1. The van der Waals surface area contributed by atoms with Crippen molar-refractivity contribution in [1.29, 1.82) is 0 Å². The first-order valence-electron chi connectivity index (χ1n) is 13.8. The van der Waals surface area contributed by atoms with Gasteiger partial charge in [0.15, 0.2) is 5.78 Å². The standard InChI is InChI=1S/C30H32N4O10/c1-14-6-5-7-17-18(14)8-16(42-4)9-19(17)28(40)44-25(30(3)13-43-30)27(39)33-29(41)32-24(21-10-23(37)22-11-34(21)22)26(38)31-20(12-35)15(2)36/h5-9,12,22-23,25,35,37H,10-11,13H2,1-4H3,(H,31,38)(H2,32,33,39,41)/b20-12+,24-21+/t22-,23-,25+,30-,34?/m0/s1. The Hall–Kier alpha value is -4.95. The minimum absolute atomic E-state index is 0.0278. The summed E-state index contributed by atoms with van der Waals surface area (Å²) < 4.78 is 16.4. The number of carbonyl (C=O) groups excluding carboxylic acids is 5. The number of hydrogen-bond acceptors (Lipinski definition) is 11. The van der Waals surface area contributed by atoms with Crippen molar-refractivity contribution >= 4 is 40.4 Å². The molecule has 0 aliphatic carbocycles. The summed E-state index contributed by atoms with van der Waals surface area (Å²) in [5.74, 6) is -3.07. The SMILES string of the molecule is COc1cc(C(=O)O[C@H](C(=O)NC(=O)N/C(C(=O)N/C(=C/O)C(C)=O)=C2\C[C@H](O)[C@@H]3CN23)[C@]2(C)CO2)c2cccc(C)c2c1. The van der Waals surface area contributed by atoms with Crippen LogP contribution in [0.15, 0.2) is 53.7 Å². The Labute approximate surface area is 251 Å². The summed E-state index contributed by atoms with van der Waals surface area (Å²) in [6.07, 6.45) is -1.90. The molecule has 3 aliphatic rings. The van der Waals surface area contributed by atoms with Crippen LogP contribution in [0.2, 0.25) is 0 Å². The molecule has 44 heavy (non-hydrogen) atoms. The Kier molecular flexibility index (Phi) is 8.05. The van der Waals surface area contributed by atoms with Crippen LogP contribution in [0.3, 0.4) is 0 Å². The van der Waals surface area contributed by atoms with Crippen LogP contribution >= 0.6 is 0 Å². The van der Waals surface area contributed by atoms with Gasteiger partial charge in [-0.1, -0.05) is 18.2 Å². The number of aryl methyl sites for hydroxylation is 1. The molecule has 4 amide bonds. The molecule has 3 saturated heterocycles. The highest BCUT2D eigenvalue weighted by molar-refractivity contribution is 6.08. The number of ketones is 1. The maximum atomic E-state index is 13.5. The number of fused-ring (bicyclic) bond motifs is 2. The lowest BCUT2D eigenvalue weighted by Gasteiger charge is -2.22. The first-order chi connectivity index (χ1) is 20.9. The molecule has 2 aromatic carbocycles. The van der Waals surface area contributed by atoms with Crippen molar-refractivity contribution in [3.05, 3.63) is 64.8 Å². The molecule has 3 aliphatic heterocycles. The Morgan fingerprint density at radius 2 is 1.86 bits per heavy atom. The number of rotatable bonds is 9. The molecule has 2 aromatic rings. The van der Waals surface area contributed by atoms with E-state index < -0.39 is 53.1 Å². The zero-order chi connectivity index (χ0) is 31.9. The minimum atomic E-state index is -1.55. The van der Waals surface area contributed by atoms with E-state index >= 15 is 0 Å². The van der Waals surface area contributed by atoms with Crippen molar-refractivity contribution in [3.63, 3.8) is 0 Å². The van der Waals surface area contributed by atoms with Gasteiger partial charge in [0.2, 0.25) is 6.10 Å². The Morgan fingerprint density at radius 3 is 2.43 bits per heavy atom. The lowest BCUT2D eigenvalue weighted by Crippen LogP contribution is -2.51. The lowest BCUT2D eigenvalue weighted by atomic mass is 10.00. The molecule has 14 heteroatoms. The van der Waals surface area contributed by atoms with E-state index in [1.54, 1.807) is 30.0 Å². The highest BCUT2D eigenvalue weighted by Gasteiger charge is 2.54. The van der Waals surface area contributed by atoms with Gasteiger partial charge in [0.05, 0.1) is 31.4 Å². The summed E-state index contributed by atoms with van der Waals surface area (Å²) in [4.78, 5) is 66.3. The average Bonchev–Trinajstić information content (AvgIpc) is 3.91. The van der Waals surface area contributed by atoms with Crippen LogP contribution in [-0.2, 0) is 23.9 Å². The van der Waals surface area contributed by atoms with Gasteiger partial charge < -0.3 is 40.0 Å². The number of ether oxygens (including phenoxy) is 3. The zero-order valence-electron chi connectivity index (χ0n) is 24.4. The lowest BCUT2D eigenvalue weighted by molar-refractivity contribution is -0.132. The van der Waals surface area contributed by atoms with Crippen LogP contribution in [0, 0.1) is 6.92 Å². The normalized spacial score (nSPS) is 23.7. The Bertz CT molecular complexity index is 1640. The quantitative estimate of drug-likeness (QED) is 0.118. The second kappa shape index (κ2) is 11.6. The van der Waals surface area contributed by atoms with E-state index in [1.807, 2.05) is 13.0 Å². The number of carbonyl (C=O) groups is 5. The molecule has 5 rings (SSSR count). The van der Waals surface area contributed by atoms with E-state index in [-0.39, 0.29) is 36.0 Å². The van der Waals surface area contributed by atoms with E-state index in [1.165, 1.54) is 13.2 Å². The number of aliphatic hydroxyl groups excluding tert-OH is 2. The van der Waals surface area contributed by atoms with Crippen LogP contribution in [0.1, 0.15) is 36.2 Å². The average molecular weight is 609 g/mol. The van der Waals surface area contributed by atoms with Crippen molar-refractivity contribution in [1.82, 2.24) is 20.9 Å². The molecule has 3 fully saturated rings. The van der Waals surface area contributed by atoms with Crippen LogP contribution in [0.5, 0.6) is 5.75 Å². The number of methoxy groups -OCH3 is 1. The highest BCUT2D eigenvalue weighted by atomic mass is 16.6. The monoisotopic (exact) mass is 608 g/mol. The number of hydrogen-bond donors (Lipinski definition) is 5. The molecule has 0 spiro atoms. The van der Waals surface area contributed by atoms with Crippen molar-refractivity contribution in [2.24, 2.45) is 0 Å². The fourth-order valence-corrected chi connectivity index (χ4v) is 5.16. The van der Waals surface area contributed by atoms with Crippen molar-refractivity contribution in [3.8, 4) is 5.75 Å². The van der Waals surface area contributed by atoms with Crippen molar-refractivity contribution < 1.29 is 48.4 Å². The van der Waals surface area contributed by atoms with E-state index in [2.05, 4.69) is 16.0 Å². The second-order valence-electron chi connectivity index (χ2n) is 11.0. The number of amides is 4. The molecule has 0 saturated carbocycles. The van der Waals surface area contributed by atoms with Gasteiger partial charge in [0, 0.05) is 25.6 Å². The fraction of sp³-hybridized carbons (Fsp3) is 0.367. The third-order valence-corrected chi connectivity index (χ3v) is 7.85. The van der Waals surface area contributed by atoms with Crippen LogP contribution in [0.4, 0.5) is 4.79 Å². The number of imide groups is 1. The maximum Gasteiger partial charge on any atom is 0.339 e.